The average molecular weight is 306 g/mol. The summed E-state index contributed by atoms with van der Waals surface area (Å²) in [5.41, 5.74) is 0. The molecular formula is C9H8FIN2O. The van der Waals surface area contributed by atoms with Crippen LogP contribution in [-0.2, 0) is 4.79 Å². The third-order valence-corrected chi connectivity index (χ3v) is 2.99. The number of aromatic nitrogens is 1. The zero-order valence-corrected chi connectivity index (χ0v) is 9.49. The minimum Gasteiger partial charge on any atom is -0.294 e. The molecule has 1 fully saturated rings. The van der Waals surface area contributed by atoms with Crippen LogP contribution in [0.3, 0.4) is 0 Å². The number of halogens is 2. The lowest BCUT2D eigenvalue weighted by Gasteiger charge is -2.15. The van der Waals surface area contributed by atoms with Gasteiger partial charge in [-0.25, -0.2) is 9.37 Å². The first-order chi connectivity index (χ1) is 6.70. The van der Waals surface area contributed by atoms with Crippen LogP contribution in [0.4, 0.5) is 10.2 Å². The molecule has 0 saturated carbocycles. The Morgan fingerprint density at radius 1 is 1.57 bits per heavy atom. The van der Waals surface area contributed by atoms with Gasteiger partial charge < -0.3 is 0 Å². The first kappa shape index (κ1) is 9.82. The van der Waals surface area contributed by atoms with Gasteiger partial charge in [-0.05, 0) is 35.1 Å². The Labute approximate surface area is 94.5 Å². The molecule has 74 valence electrons. The second-order valence-corrected chi connectivity index (χ2v) is 4.24. The highest BCUT2D eigenvalue weighted by Crippen LogP contribution is 2.24. The molecule has 1 aliphatic rings. The molecule has 0 bridgehead atoms. The summed E-state index contributed by atoms with van der Waals surface area (Å²) in [5.74, 6) is -0.277. The van der Waals surface area contributed by atoms with Crippen LogP contribution in [0.2, 0.25) is 0 Å². The van der Waals surface area contributed by atoms with E-state index in [0.29, 0.717) is 16.5 Å². The number of anilines is 1. The van der Waals surface area contributed by atoms with Crippen molar-refractivity contribution in [3.05, 3.63) is 21.7 Å². The van der Waals surface area contributed by atoms with Crippen molar-refractivity contribution in [1.82, 2.24) is 4.98 Å². The van der Waals surface area contributed by atoms with Crippen molar-refractivity contribution in [2.24, 2.45) is 0 Å². The maximum Gasteiger partial charge on any atom is 0.228 e. The van der Waals surface area contributed by atoms with Crippen LogP contribution in [0.5, 0.6) is 0 Å². The van der Waals surface area contributed by atoms with Crippen LogP contribution in [0.25, 0.3) is 0 Å². The maximum absolute atomic E-state index is 13.6. The summed E-state index contributed by atoms with van der Waals surface area (Å²) in [6.07, 6.45) is 2.80. The fourth-order valence-corrected chi connectivity index (χ4v) is 1.87. The number of carbonyl (C=O) groups is 1. The lowest BCUT2D eigenvalue weighted by molar-refractivity contribution is -0.117. The van der Waals surface area contributed by atoms with E-state index in [1.54, 1.807) is 6.07 Å². The summed E-state index contributed by atoms with van der Waals surface area (Å²) in [5, 5.41) is 0. The third-order valence-electron chi connectivity index (χ3n) is 2.15. The monoisotopic (exact) mass is 306 g/mol. The predicted octanol–water partition coefficient (Wildman–Crippen LogP) is 1.95. The lowest BCUT2D eigenvalue weighted by Crippen LogP contribution is -2.26. The Bertz CT molecular complexity index is 383. The highest BCUT2D eigenvalue weighted by molar-refractivity contribution is 14.1. The normalized spacial score (nSPS) is 16.4. The van der Waals surface area contributed by atoms with Gasteiger partial charge in [0.15, 0.2) is 11.6 Å². The molecule has 1 aliphatic heterocycles. The van der Waals surface area contributed by atoms with Gasteiger partial charge in [0.1, 0.15) is 0 Å². The van der Waals surface area contributed by atoms with Gasteiger partial charge in [-0.15, -0.1) is 0 Å². The SMILES string of the molecule is O=C1CCCN1c1nccc(I)c1F. The van der Waals surface area contributed by atoms with Gasteiger partial charge in [0.25, 0.3) is 0 Å². The molecule has 0 atom stereocenters. The van der Waals surface area contributed by atoms with E-state index in [4.69, 9.17) is 0 Å². The Hall–Kier alpha value is -0.720. The fraction of sp³-hybridized carbons (Fsp3) is 0.333. The number of carbonyl (C=O) groups excluding carboxylic acids is 1. The summed E-state index contributed by atoms with van der Waals surface area (Å²) >= 11 is 1.89. The van der Waals surface area contributed by atoms with E-state index in [2.05, 4.69) is 4.98 Å². The molecular weight excluding hydrogens is 298 g/mol. The van der Waals surface area contributed by atoms with Crippen molar-refractivity contribution in [2.45, 2.75) is 12.8 Å². The molecule has 0 N–H and O–H groups in total. The van der Waals surface area contributed by atoms with E-state index < -0.39 is 5.82 Å². The molecule has 0 unspecified atom stereocenters. The van der Waals surface area contributed by atoms with E-state index in [9.17, 15) is 9.18 Å². The molecule has 1 amide bonds. The third kappa shape index (κ3) is 1.60. The standard InChI is InChI=1S/C9H8FIN2O/c10-8-6(11)3-4-12-9(8)13-5-1-2-7(13)14/h3-4H,1-2,5H2. The van der Waals surface area contributed by atoms with Crippen molar-refractivity contribution in [2.75, 3.05) is 11.4 Å². The summed E-state index contributed by atoms with van der Waals surface area (Å²) < 4.78 is 14.1. The molecule has 0 spiro atoms. The Kier molecular flexibility index (Phi) is 2.66. The Morgan fingerprint density at radius 2 is 2.36 bits per heavy atom. The number of amides is 1. The second-order valence-electron chi connectivity index (χ2n) is 3.08. The van der Waals surface area contributed by atoms with E-state index in [0.717, 1.165) is 6.42 Å². The van der Waals surface area contributed by atoms with Crippen molar-refractivity contribution in [3.8, 4) is 0 Å². The molecule has 0 radical (unpaired) electrons. The van der Waals surface area contributed by atoms with Gasteiger partial charge in [-0.3, -0.25) is 9.69 Å². The summed E-state index contributed by atoms with van der Waals surface area (Å²) in [4.78, 5) is 16.7. The van der Waals surface area contributed by atoms with Gasteiger partial charge in [0, 0.05) is 19.2 Å². The molecule has 2 heterocycles. The highest BCUT2D eigenvalue weighted by atomic mass is 127. The van der Waals surface area contributed by atoms with Crippen LogP contribution in [0.15, 0.2) is 12.3 Å². The molecule has 5 heteroatoms. The van der Waals surface area contributed by atoms with E-state index in [-0.39, 0.29) is 11.7 Å². The molecule has 0 aromatic carbocycles. The van der Waals surface area contributed by atoms with Gasteiger partial charge in [0.05, 0.1) is 3.57 Å². The summed E-state index contributed by atoms with van der Waals surface area (Å²) in [6.45, 7) is 0.572. The topological polar surface area (TPSA) is 33.2 Å². The zero-order chi connectivity index (χ0) is 10.1. The number of pyridine rings is 1. The molecule has 2 rings (SSSR count). The Morgan fingerprint density at radius 3 is 3.00 bits per heavy atom. The number of rotatable bonds is 1. The lowest BCUT2D eigenvalue weighted by atomic mass is 10.4. The Balaban J connectivity index is 2.41. The zero-order valence-electron chi connectivity index (χ0n) is 7.33. The van der Waals surface area contributed by atoms with Gasteiger partial charge >= 0.3 is 0 Å². The largest absolute Gasteiger partial charge is 0.294 e. The molecule has 0 aliphatic carbocycles. The second kappa shape index (κ2) is 3.80. The molecule has 1 saturated heterocycles. The van der Waals surface area contributed by atoms with E-state index in [1.165, 1.54) is 11.1 Å². The van der Waals surface area contributed by atoms with E-state index in [1.807, 2.05) is 22.6 Å². The summed E-state index contributed by atoms with van der Waals surface area (Å²) in [7, 11) is 0. The molecule has 14 heavy (non-hydrogen) atoms. The van der Waals surface area contributed by atoms with Crippen LogP contribution < -0.4 is 4.90 Å². The maximum atomic E-state index is 13.6. The number of hydrogen-bond acceptors (Lipinski definition) is 2. The molecule has 1 aromatic heterocycles. The van der Waals surface area contributed by atoms with Gasteiger partial charge in [0.2, 0.25) is 5.91 Å². The molecule has 1 aromatic rings. The van der Waals surface area contributed by atoms with Crippen LogP contribution in [0, 0.1) is 9.39 Å². The first-order valence-corrected chi connectivity index (χ1v) is 5.38. The smallest absolute Gasteiger partial charge is 0.228 e. The van der Waals surface area contributed by atoms with Crippen LogP contribution in [-0.4, -0.2) is 17.4 Å². The highest BCUT2D eigenvalue weighted by Gasteiger charge is 2.25. The fourth-order valence-electron chi connectivity index (χ4n) is 1.47. The predicted molar refractivity (Wildman–Crippen MR) is 58.5 cm³/mol. The van der Waals surface area contributed by atoms with Crippen molar-refractivity contribution < 1.29 is 9.18 Å². The van der Waals surface area contributed by atoms with Crippen LogP contribution >= 0.6 is 22.6 Å². The minimum atomic E-state index is -0.400. The number of nitrogens with zero attached hydrogens (tertiary/aromatic N) is 2. The summed E-state index contributed by atoms with van der Waals surface area (Å²) in [6, 6.07) is 1.58. The minimum absolute atomic E-state index is 0.0431. The first-order valence-electron chi connectivity index (χ1n) is 4.30. The van der Waals surface area contributed by atoms with Crippen molar-refractivity contribution >= 4 is 34.3 Å². The van der Waals surface area contributed by atoms with Crippen LogP contribution in [0.1, 0.15) is 12.8 Å². The number of hydrogen-bond donors (Lipinski definition) is 0. The quantitative estimate of drug-likeness (QED) is 0.743. The average Bonchev–Trinajstić information content (AvgIpc) is 2.57. The van der Waals surface area contributed by atoms with Crippen molar-refractivity contribution in [3.63, 3.8) is 0 Å². The van der Waals surface area contributed by atoms with E-state index >= 15 is 0 Å². The molecule has 3 nitrogen and oxygen atoms in total. The van der Waals surface area contributed by atoms with Gasteiger partial charge in [-0.2, -0.15) is 0 Å². The van der Waals surface area contributed by atoms with Crippen molar-refractivity contribution in [1.29, 1.82) is 0 Å². The van der Waals surface area contributed by atoms with Gasteiger partial charge in [-0.1, -0.05) is 0 Å².